The second kappa shape index (κ2) is 6.00. The van der Waals surface area contributed by atoms with Crippen LogP contribution < -0.4 is 5.32 Å². The van der Waals surface area contributed by atoms with Crippen molar-refractivity contribution in [1.29, 1.82) is 0 Å². The third-order valence-corrected chi connectivity index (χ3v) is 2.85. The third-order valence-electron chi connectivity index (χ3n) is 2.85. The number of benzene rings is 1. The highest BCUT2D eigenvalue weighted by Crippen LogP contribution is 2.26. The molecule has 2 N–H and O–H groups in total. The fourth-order valence-corrected chi connectivity index (χ4v) is 1.85. The largest absolute Gasteiger partial charge is 0.478 e. The van der Waals surface area contributed by atoms with E-state index in [9.17, 15) is 14.9 Å². The Kier molecular flexibility index (Phi) is 4.13. The number of nitro benzene ring substituents is 1. The Bertz CT molecular complexity index is 700. The third kappa shape index (κ3) is 3.53. The number of carboxylic acids is 1. The van der Waals surface area contributed by atoms with Gasteiger partial charge in [-0.1, -0.05) is 6.07 Å². The molecular weight excluding hydrogens is 274 g/mol. The standard InChI is InChI=1S/C14H13N3O4/c1-9-3-2-4-11(16-9)8-15-12-6-5-10(14(18)19)7-13(12)17(20)21/h2-7,15H,8H2,1H3,(H,18,19). The van der Waals surface area contributed by atoms with E-state index >= 15 is 0 Å². The Hall–Kier alpha value is -2.96. The van der Waals surface area contributed by atoms with Crippen LogP contribution in [0.15, 0.2) is 36.4 Å². The van der Waals surface area contributed by atoms with E-state index in [1.54, 1.807) is 6.07 Å². The SMILES string of the molecule is Cc1cccc(CNc2ccc(C(=O)O)cc2[N+](=O)[O-])n1. The smallest absolute Gasteiger partial charge is 0.335 e. The van der Waals surface area contributed by atoms with Crippen molar-refractivity contribution in [3.8, 4) is 0 Å². The van der Waals surface area contributed by atoms with Crippen molar-refractivity contribution in [2.24, 2.45) is 0 Å². The van der Waals surface area contributed by atoms with Crippen molar-refractivity contribution in [3.05, 3.63) is 63.5 Å². The molecule has 0 saturated carbocycles. The lowest BCUT2D eigenvalue weighted by Crippen LogP contribution is -2.06. The summed E-state index contributed by atoms with van der Waals surface area (Å²) in [4.78, 5) is 25.5. The first-order chi connectivity index (χ1) is 9.97. The Labute approximate surface area is 120 Å². The van der Waals surface area contributed by atoms with E-state index in [4.69, 9.17) is 5.11 Å². The summed E-state index contributed by atoms with van der Waals surface area (Å²) in [5.41, 5.74) is 1.45. The molecule has 0 atom stereocenters. The van der Waals surface area contributed by atoms with Crippen molar-refractivity contribution in [1.82, 2.24) is 4.98 Å². The molecule has 7 heteroatoms. The molecular formula is C14H13N3O4. The van der Waals surface area contributed by atoms with Gasteiger partial charge in [-0.25, -0.2) is 4.79 Å². The molecule has 21 heavy (non-hydrogen) atoms. The maximum absolute atomic E-state index is 11.0. The van der Waals surface area contributed by atoms with E-state index in [0.717, 1.165) is 17.5 Å². The first-order valence-electron chi connectivity index (χ1n) is 6.15. The van der Waals surface area contributed by atoms with E-state index in [1.165, 1.54) is 12.1 Å². The summed E-state index contributed by atoms with van der Waals surface area (Å²) >= 11 is 0. The van der Waals surface area contributed by atoms with Crippen LogP contribution in [0.5, 0.6) is 0 Å². The predicted octanol–water partition coefficient (Wildman–Crippen LogP) is 2.61. The summed E-state index contributed by atoms with van der Waals surface area (Å²) < 4.78 is 0. The number of rotatable bonds is 5. The number of aryl methyl sites for hydroxylation is 1. The monoisotopic (exact) mass is 287 g/mol. The lowest BCUT2D eigenvalue weighted by Gasteiger charge is -2.08. The molecule has 1 aromatic heterocycles. The summed E-state index contributed by atoms with van der Waals surface area (Å²) in [6, 6.07) is 9.25. The molecule has 0 radical (unpaired) electrons. The summed E-state index contributed by atoms with van der Waals surface area (Å²) in [6.07, 6.45) is 0. The molecule has 0 fully saturated rings. The molecule has 7 nitrogen and oxygen atoms in total. The van der Waals surface area contributed by atoms with Crippen molar-refractivity contribution < 1.29 is 14.8 Å². The number of nitro groups is 1. The van der Waals surface area contributed by atoms with Gasteiger partial charge in [0.05, 0.1) is 22.7 Å². The molecule has 0 bridgehead atoms. The zero-order chi connectivity index (χ0) is 15.4. The maximum atomic E-state index is 11.0. The fraction of sp³-hybridized carbons (Fsp3) is 0.143. The van der Waals surface area contributed by atoms with Gasteiger partial charge in [0.2, 0.25) is 0 Å². The quantitative estimate of drug-likeness (QED) is 0.646. The number of carbonyl (C=O) groups is 1. The van der Waals surface area contributed by atoms with Crippen LogP contribution in [-0.2, 0) is 6.54 Å². The molecule has 108 valence electrons. The Morgan fingerprint density at radius 3 is 2.76 bits per heavy atom. The minimum atomic E-state index is -1.20. The average molecular weight is 287 g/mol. The molecule has 0 saturated heterocycles. The molecule has 0 aliphatic carbocycles. The van der Waals surface area contributed by atoms with E-state index in [1.807, 2.05) is 19.1 Å². The van der Waals surface area contributed by atoms with E-state index in [2.05, 4.69) is 10.3 Å². The van der Waals surface area contributed by atoms with Gasteiger partial charge in [0.15, 0.2) is 0 Å². The van der Waals surface area contributed by atoms with Crippen LogP contribution >= 0.6 is 0 Å². The van der Waals surface area contributed by atoms with E-state index < -0.39 is 10.9 Å². The van der Waals surface area contributed by atoms with Crippen molar-refractivity contribution in [2.75, 3.05) is 5.32 Å². The van der Waals surface area contributed by atoms with Crippen LogP contribution in [0.2, 0.25) is 0 Å². The highest BCUT2D eigenvalue weighted by molar-refractivity contribution is 5.89. The molecule has 2 aromatic rings. The van der Waals surface area contributed by atoms with E-state index in [0.29, 0.717) is 6.54 Å². The van der Waals surface area contributed by atoms with Gasteiger partial charge in [-0.2, -0.15) is 0 Å². The number of hydrogen-bond acceptors (Lipinski definition) is 5. The zero-order valence-corrected chi connectivity index (χ0v) is 11.2. The number of anilines is 1. The topological polar surface area (TPSA) is 105 Å². The number of hydrogen-bond donors (Lipinski definition) is 2. The van der Waals surface area contributed by atoms with E-state index in [-0.39, 0.29) is 16.9 Å². The molecule has 0 aliphatic heterocycles. The molecule has 0 unspecified atom stereocenters. The lowest BCUT2D eigenvalue weighted by atomic mass is 10.1. The van der Waals surface area contributed by atoms with Crippen LogP contribution in [0.4, 0.5) is 11.4 Å². The highest BCUT2D eigenvalue weighted by atomic mass is 16.6. The van der Waals surface area contributed by atoms with Crippen LogP contribution in [0.3, 0.4) is 0 Å². The molecule has 0 aliphatic rings. The van der Waals surface area contributed by atoms with Crippen LogP contribution in [0.25, 0.3) is 0 Å². The van der Waals surface area contributed by atoms with Crippen LogP contribution in [0.1, 0.15) is 21.7 Å². The van der Waals surface area contributed by atoms with Crippen LogP contribution in [-0.4, -0.2) is 21.0 Å². The highest BCUT2D eigenvalue weighted by Gasteiger charge is 2.17. The second-order valence-electron chi connectivity index (χ2n) is 4.42. The number of nitrogens with zero attached hydrogens (tertiary/aromatic N) is 2. The number of nitrogens with one attached hydrogen (secondary N) is 1. The summed E-state index contributed by atoms with van der Waals surface area (Å²) in [6.45, 7) is 2.17. The van der Waals surface area contributed by atoms with Gasteiger partial charge < -0.3 is 10.4 Å². The molecule has 1 heterocycles. The summed E-state index contributed by atoms with van der Waals surface area (Å²) in [7, 11) is 0. The lowest BCUT2D eigenvalue weighted by molar-refractivity contribution is -0.384. The van der Waals surface area contributed by atoms with Gasteiger partial charge in [-0.05, 0) is 31.2 Å². The van der Waals surface area contributed by atoms with Gasteiger partial charge in [0.1, 0.15) is 5.69 Å². The second-order valence-corrected chi connectivity index (χ2v) is 4.42. The van der Waals surface area contributed by atoms with Gasteiger partial charge in [-0.3, -0.25) is 15.1 Å². The zero-order valence-electron chi connectivity index (χ0n) is 11.2. The molecule has 2 rings (SSSR count). The summed E-state index contributed by atoms with van der Waals surface area (Å²) in [5, 5.41) is 22.8. The first kappa shape index (κ1) is 14.4. The first-order valence-corrected chi connectivity index (χ1v) is 6.15. The van der Waals surface area contributed by atoms with Crippen molar-refractivity contribution in [2.45, 2.75) is 13.5 Å². The minimum Gasteiger partial charge on any atom is -0.478 e. The Morgan fingerprint density at radius 1 is 1.38 bits per heavy atom. The van der Waals surface area contributed by atoms with Gasteiger partial charge in [0.25, 0.3) is 5.69 Å². The summed E-state index contributed by atoms with van der Waals surface area (Å²) in [5.74, 6) is -1.20. The van der Waals surface area contributed by atoms with Crippen molar-refractivity contribution in [3.63, 3.8) is 0 Å². The number of aromatic nitrogens is 1. The maximum Gasteiger partial charge on any atom is 0.335 e. The van der Waals surface area contributed by atoms with Gasteiger partial charge in [0, 0.05) is 11.8 Å². The molecule has 0 spiro atoms. The number of aromatic carboxylic acids is 1. The number of pyridine rings is 1. The van der Waals surface area contributed by atoms with Gasteiger partial charge in [-0.15, -0.1) is 0 Å². The molecule has 0 amide bonds. The predicted molar refractivity (Wildman–Crippen MR) is 76.4 cm³/mol. The Balaban J connectivity index is 2.23. The fourth-order valence-electron chi connectivity index (χ4n) is 1.85. The normalized spacial score (nSPS) is 10.1. The number of carboxylic acid groups (broad SMARTS) is 1. The van der Waals surface area contributed by atoms with Crippen LogP contribution in [0, 0.1) is 17.0 Å². The van der Waals surface area contributed by atoms with Crippen molar-refractivity contribution >= 4 is 17.3 Å². The average Bonchev–Trinajstić information content (AvgIpc) is 2.44. The minimum absolute atomic E-state index is 0.124. The van der Waals surface area contributed by atoms with Gasteiger partial charge >= 0.3 is 5.97 Å². The molecule has 1 aromatic carbocycles. The Morgan fingerprint density at radius 2 is 2.14 bits per heavy atom.